The molecule has 0 radical (unpaired) electrons. The summed E-state index contributed by atoms with van der Waals surface area (Å²) in [5.74, 6) is 1.19. The van der Waals surface area contributed by atoms with Gasteiger partial charge >= 0.3 is 6.03 Å². The predicted octanol–water partition coefficient (Wildman–Crippen LogP) is 2.09. The summed E-state index contributed by atoms with van der Waals surface area (Å²) in [4.78, 5) is 26.1. The number of benzene rings is 2. The highest BCUT2D eigenvalue weighted by Crippen LogP contribution is 2.30. The number of para-hydroxylation sites is 2. The third kappa shape index (κ3) is 3.53. The van der Waals surface area contributed by atoms with Gasteiger partial charge in [-0.25, -0.2) is 4.79 Å². The number of urea groups is 1. The van der Waals surface area contributed by atoms with Crippen molar-refractivity contribution in [3.8, 4) is 11.5 Å². The van der Waals surface area contributed by atoms with Crippen LogP contribution in [-0.2, 0) is 0 Å². The Hall–Kier alpha value is -3.22. The second-order valence-electron chi connectivity index (χ2n) is 6.59. The maximum Gasteiger partial charge on any atom is 0.322 e. The molecule has 2 N–H and O–H groups in total. The minimum absolute atomic E-state index is 0.137. The largest absolute Gasteiger partial charge is 0.486 e. The number of aryl methyl sites for hydroxylation is 1. The van der Waals surface area contributed by atoms with Crippen LogP contribution in [0.15, 0.2) is 42.5 Å². The summed E-state index contributed by atoms with van der Waals surface area (Å²) >= 11 is 0. The first-order chi connectivity index (χ1) is 13.1. The molecule has 0 aromatic heterocycles. The molecule has 2 heterocycles. The molecule has 0 unspecified atom stereocenters. The van der Waals surface area contributed by atoms with Crippen LogP contribution in [0.2, 0.25) is 0 Å². The van der Waals surface area contributed by atoms with E-state index in [0.29, 0.717) is 43.3 Å². The van der Waals surface area contributed by atoms with Gasteiger partial charge in [0.1, 0.15) is 12.7 Å². The average molecular weight is 367 g/mol. The molecule has 2 aromatic rings. The summed E-state index contributed by atoms with van der Waals surface area (Å²) in [5, 5.41) is 5.66. The lowest BCUT2D eigenvalue weighted by Crippen LogP contribution is -2.40. The fourth-order valence-corrected chi connectivity index (χ4v) is 3.22. The zero-order chi connectivity index (χ0) is 18.8. The van der Waals surface area contributed by atoms with Crippen molar-refractivity contribution in [2.24, 2.45) is 0 Å². The molecule has 0 saturated carbocycles. The number of carbonyl (C=O) groups excluding carboxylic acids is 2. The molecule has 0 aliphatic carbocycles. The zero-order valence-corrected chi connectivity index (χ0v) is 15.0. The molecule has 3 amide bonds. The second-order valence-corrected chi connectivity index (χ2v) is 6.59. The van der Waals surface area contributed by atoms with Crippen LogP contribution >= 0.6 is 0 Å². The Morgan fingerprint density at radius 1 is 1.26 bits per heavy atom. The molecular formula is C20H21N3O4. The minimum Gasteiger partial charge on any atom is -0.486 e. The normalized spacial score (nSPS) is 18.2. The van der Waals surface area contributed by atoms with Gasteiger partial charge in [0.25, 0.3) is 5.91 Å². The Morgan fingerprint density at radius 3 is 2.85 bits per heavy atom. The lowest BCUT2D eigenvalue weighted by Gasteiger charge is -2.26. The summed E-state index contributed by atoms with van der Waals surface area (Å²) in [6.07, 6.45) is -0.252. The van der Waals surface area contributed by atoms with E-state index >= 15 is 0 Å². The number of ether oxygens (including phenoxy) is 2. The van der Waals surface area contributed by atoms with E-state index in [1.54, 1.807) is 17.0 Å². The van der Waals surface area contributed by atoms with Crippen molar-refractivity contribution in [2.45, 2.75) is 13.0 Å². The average Bonchev–Trinajstić information content (AvgIpc) is 3.12. The van der Waals surface area contributed by atoms with Crippen LogP contribution in [0.3, 0.4) is 0 Å². The van der Waals surface area contributed by atoms with Crippen molar-refractivity contribution in [2.75, 3.05) is 31.1 Å². The van der Waals surface area contributed by atoms with Crippen LogP contribution < -0.4 is 25.0 Å². The van der Waals surface area contributed by atoms with E-state index in [0.717, 1.165) is 11.3 Å². The highest BCUT2D eigenvalue weighted by Gasteiger charge is 2.24. The van der Waals surface area contributed by atoms with Crippen molar-refractivity contribution in [3.05, 3.63) is 53.6 Å². The Kier molecular flexibility index (Phi) is 4.58. The van der Waals surface area contributed by atoms with E-state index in [9.17, 15) is 9.59 Å². The Labute approximate surface area is 157 Å². The van der Waals surface area contributed by atoms with E-state index in [1.807, 2.05) is 37.3 Å². The third-order valence-electron chi connectivity index (χ3n) is 4.68. The molecule has 0 spiro atoms. The molecule has 1 atom stereocenters. The van der Waals surface area contributed by atoms with E-state index in [4.69, 9.17) is 9.47 Å². The maximum atomic E-state index is 12.6. The van der Waals surface area contributed by atoms with Gasteiger partial charge in [-0.2, -0.15) is 0 Å². The first-order valence-electron chi connectivity index (χ1n) is 8.94. The zero-order valence-electron chi connectivity index (χ0n) is 15.0. The molecular weight excluding hydrogens is 346 g/mol. The van der Waals surface area contributed by atoms with Gasteiger partial charge in [0.15, 0.2) is 11.5 Å². The van der Waals surface area contributed by atoms with Crippen LogP contribution in [0.5, 0.6) is 11.5 Å². The van der Waals surface area contributed by atoms with Crippen LogP contribution in [0.4, 0.5) is 10.5 Å². The number of hydrogen-bond acceptors (Lipinski definition) is 4. The molecule has 7 nitrogen and oxygen atoms in total. The Balaban J connectivity index is 1.41. The van der Waals surface area contributed by atoms with Crippen LogP contribution in [-0.4, -0.2) is 44.3 Å². The van der Waals surface area contributed by atoms with Crippen LogP contribution in [0, 0.1) is 6.92 Å². The Bertz CT molecular complexity index is 883. The second kappa shape index (κ2) is 7.19. The van der Waals surface area contributed by atoms with Gasteiger partial charge < -0.3 is 20.1 Å². The molecule has 2 aliphatic rings. The number of hydrogen-bond donors (Lipinski definition) is 2. The molecule has 140 valence electrons. The smallest absolute Gasteiger partial charge is 0.322 e. The highest BCUT2D eigenvalue weighted by atomic mass is 16.6. The van der Waals surface area contributed by atoms with Crippen molar-refractivity contribution in [3.63, 3.8) is 0 Å². The highest BCUT2D eigenvalue weighted by molar-refractivity contribution is 5.99. The fraction of sp³-hybridized carbons (Fsp3) is 0.300. The van der Waals surface area contributed by atoms with Gasteiger partial charge in [-0.05, 0) is 36.8 Å². The fourth-order valence-electron chi connectivity index (χ4n) is 3.22. The summed E-state index contributed by atoms with van der Waals surface area (Å²) in [6, 6.07) is 12.7. The number of rotatable bonds is 4. The van der Waals surface area contributed by atoms with Crippen molar-refractivity contribution < 1.29 is 19.1 Å². The number of amides is 3. The number of anilines is 1. The summed E-state index contributed by atoms with van der Waals surface area (Å²) in [7, 11) is 0. The topological polar surface area (TPSA) is 79.9 Å². The standard InChI is InChI=1S/C20H21N3O4/c1-13-6-7-14(10-16(13)23-9-8-21-20(23)25)19(24)22-11-15-12-26-17-4-2-3-5-18(17)27-15/h2-7,10,15H,8-9,11-12H2,1H3,(H,21,25)(H,22,24)/t15-/m0/s1. The van der Waals surface area contributed by atoms with E-state index in [-0.39, 0.29) is 18.0 Å². The number of carbonyl (C=O) groups is 2. The van der Waals surface area contributed by atoms with E-state index in [1.165, 1.54) is 0 Å². The quantitative estimate of drug-likeness (QED) is 0.867. The van der Waals surface area contributed by atoms with E-state index in [2.05, 4.69) is 10.6 Å². The van der Waals surface area contributed by atoms with Crippen molar-refractivity contribution in [1.82, 2.24) is 10.6 Å². The van der Waals surface area contributed by atoms with Gasteiger partial charge in [-0.15, -0.1) is 0 Å². The molecule has 1 saturated heterocycles. The molecule has 0 bridgehead atoms. The van der Waals surface area contributed by atoms with Crippen LogP contribution in [0.1, 0.15) is 15.9 Å². The first kappa shape index (κ1) is 17.2. The molecule has 2 aromatic carbocycles. The summed E-state index contributed by atoms with van der Waals surface area (Å²) in [5.41, 5.74) is 2.21. The first-order valence-corrected chi connectivity index (χ1v) is 8.94. The van der Waals surface area contributed by atoms with Gasteiger partial charge in [0, 0.05) is 24.3 Å². The van der Waals surface area contributed by atoms with E-state index < -0.39 is 0 Å². The van der Waals surface area contributed by atoms with Crippen molar-refractivity contribution in [1.29, 1.82) is 0 Å². The number of fused-ring (bicyclic) bond motifs is 1. The molecule has 2 aliphatic heterocycles. The predicted molar refractivity (Wildman–Crippen MR) is 101 cm³/mol. The summed E-state index contributed by atoms with van der Waals surface area (Å²) < 4.78 is 11.5. The molecule has 27 heavy (non-hydrogen) atoms. The third-order valence-corrected chi connectivity index (χ3v) is 4.68. The Morgan fingerprint density at radius 2 is 2.07 bits per heavy atom. The number of nitrogens with one attached hydrogen (secondary N) is 2. The van der Waals surface area contributed by atoms with Gasteiger partial charge in [-0.3, -0.25) is 9.69 Å². The van der Waals surface area contributed by atoms with Crippen molar-refractivity contribution >= 4 is 17.6 Å². The minimum atomic E-state index is -0.252. The number of nitrogens with zero attached hydrogens (tertiary/aromatic N) is 1. The molecule has 1 fully saturated rings. The van der Waals surface area contributed by atoms with Gasteiger partial charge in [-0.1, -0.05) is 18.2 Å². The van der Waals surface area contributed by atoms with Gasteiger partial charge in [0.05, 0.1) is 6.54 Å². The lowest BCUT2D eigenvalue weighted by molar-refractivity contribution is 0.0789. The van der Waals surface area contributed by atoms with Crippen LogP contribution in [0.25, 0.3) is 0 Å². The molecule has 7 heteroatoms. The monoisotopic (exact) mass is 367 g/mol. The summed E-state index contributed by atoms with van der Waals surface area (Å²) in [6.45, 7) is 3.84. The molecule has 4 rings (SSSR count). The maximum absolute atomic E-state index is 12.6. The SMILES string of the molecule is Cc1ccc(C(=O)NC[C@H]2COc3ccccc3O2)cc1N1CCNC1=O. The van der Waals surface area contributed by atoms with Gasteiger partial charge in [0.2, 0.25) is 0 Å². The lowest BCUT2D eigenvalue weighted by atomic mass is 10.1.